The molecule has 1 unspecified atom stereocenters. The Labute approximate surface area is 169 Å². The van der Waals surface area contributed by atoms with Crippen LogP contribution in [0, 0.1) is 35.0 Å². The Hall–Kier alpha value is -1.41. The summed E-state index contributed by atoms with van der Waals surface area (Å²) in [4.78, 5) is 0. The fourth-order valence-corrected chi connectivity index (χ4v) is 3.49. The van der Waals surface area contributed by atoms with E-state index in [1.165, 1.54) is 14.2 Å². The summed E-state index contributed by atoms with van der Waals surface area (Å²) >= 11 is 0. The van der Waals surface area contributed by atoms with Crippen LogP contribution in [0.1, 0.15) is 65.2 Å². The Bertz CT molecular complexity index is 598. The van der Waals surface area contributed by atoms with Crippen molar-refractivity contribution in [3.8, 4) is 5.75 Å². The monoisotopic (exact) mass is 426 g/mol. The first-order chi connectivity index (χ1) is 13.8. The third-order valence-corrected chi connectivity index (χ3v) is 5.31. The minimum Gasteiger partial charge on any atom is -0.487 e. The highest BCUT2D eigenvalue weighted by molar-refractivity contribution is 5.29. The Morgan fingerprint density at radius 2 is 1.21 bits per heavy atom. The molecule has 0 radical (unpaired) electrons. The molecule has 0 saturated carbocycles. The van der Waals surface area contributed by atoms with Crippen LogP contribution in [0.5, 0.6) is 5.75 Å². The van der Waals surface area contributed by atoms with Gasteiger partial charge in [0.2, 0.25) is 29.1 Å². The van der Waals surface area contributed by atoms with Gasteiger partial charge < -0.3 is 14.2 Å². The molecule has 1 aromatic carbocycles. The van der Waals surface area contributed by atoms with Crippen molar-refractivity contribution in [2.45, 2.75) is 71.0 Å². The smallest absolute Gasteiger partial charge is 0.206 e. The fraction of sp³-hybridized carbons (Fsp3) is 0.714. The first-order valence-electron chi connectivity index (χ1n) is 10.0. The fourth-order valence-electron chi connectivity index (χ4n) is 3.49. The van der Waals surface area contributed by atoms with Gasteiger partial charge in [0.05, 0.1) is 6.61 Å². The molecular formula is C21H31F5O3. The van der Waals surface area contributed by atoms with Crippen LogP contribution >= 0.6 is 0 Å². The Morgan fingerprint density at radius 3 is 1.69 bits per heavy atom. The molecule has 0 heterocycles. The number of methoxy groups -OCH3 is 2. The second-order valence-corrected chi connectivity index (χ2v) is 7.04. The van der Waals surface area contributed by atoms with Crippen LogP contribution < -0.4 is 4.74 Å². The summed E-state index contributed by atoms with van der Waals surface area (Å²) in [7, 11) is 2.89. The zero-order chi connectivity index (χ0) is 22.0. The van der Waals surface area contributed by atoms with Crippen LogP contribution in [-0.2, 0) is 9.47 Å². The van der Waals surface area contributed by atoms with Gasteiger partial charge in [-0.1, -0.05) is 52.4 Å². The topological polar surface area (TPSA) is 27.7 Å². The molecule has 1 atom stereocenters. The summed E-state index contributed by atoms with van der Waals surface area (Å²) in [5.41, 5.74) is 0. The standard InChI is InChI=1S/C21H31F5O3/c1-5-7-8-9-10-11-12-14(21(6-2,27-3)28-4)13-29-20-18(25)16(23)15(22)17(24)19(20)26/h14H,5-13H2,1-4H3. The third kappa shape index (κ3) is 6.28. The summed E-state index contributed by atoms with van der Waals surface area (Å²) < 4.78 is 84.0. The summed E-state index contributed by atoms with van der Waals surface area (Å²) in [6, 6.07) is 0. The largest absolute Gasteiger partial charge is 0.487 e. The number of hydrogen-bond acceptors (Lipinski definition) is 3. The summed E-state index contributed by atoms with van der Waals surface area (Å²) in [6.07, 6.45) is 7.17. The summed E-state index contributed by atoms with van der Waals surface area (Å²) in [5, 5.41) is 0. The lowest BCUT2D eigenvalue weighted by Gasteiger charge is -2.37. The van der Waals surface area contributed by atoms with E-state index in [1.807, 2.05) is 6.92 Å². The van der Waals surface area contributed by atoms with E-state index in [0.717, 1.165) is 38.5 Å². The van der Waals surface area contributed by atoms with Crippen LogP contribution in [-0.4, -0.2) is 26.6 Å². The molecule has 1 rings (SSSR count). The van der Waals surface area contributed by atoms with Crippen LogP contribution in [0.15, 0.2) is 0 Å². The number of hydrogen-bond donors (Lipinski definition) is 0. The molecule has 0 spiro atoms. The zero-order valence-electron chi connectivity index (χ0n) is 17.6. The lowest BCUT2D eigenvalue weighted by atomic mass is 9.90. The average Bonchev–Trinajstić information content (AvgIpc) is 2.74. The molecule has 1 aromatic rings. The second kappa shape index (κ2) is 12.3. The van der Waals surface area contributed by atoms with Gasteiger partial charge in [-0.2, -0.15) is 8.78 Å². The first kappa shape index (κ1) is 25.6. The van der Waals surface area contributed by atoms with E-state index in [2.05, 4.69) is 6.92 Å². The predicted octanol–water partition coefficient (Wildman–Crippen LogP) is 6.53. The van der Waals surface area contributed by atoms with E-state index in [-0.39, 0.29) is 6.61 Å². The molecule has 3 nitrogen and oxygen atoms in total. The van der Waals surface area contributed by atoms with Crippen molar-refractivity contribution in [2.24, 2.45) is 5.92 Å². The Kier molecular flexibility index (Phi) is 10.9. The van der Waals surface area contributed by atoms with Gasteiger partial charge in [0.25, 0.3) is 0 Å². The molecule has 29 heavy (non-hydrogen) atoms. The molecule has 0 N–H and O–H groups in total. The van der Waals surface area contributed by atoms with E-state index in [0.29, 0.717) is 12.8 Å². The van der Waals surface area contributed by atoms with Gasteiger partial charge in [-0.25, -0.2) is 13.2 Å². The van der Waals surface area contributed by atoms with E-state index in [4.69, 9.17) is 14.2 Å². The molecule has 0 amide bonds. The Morgan fingerprint density at radius 1 is 0.724 bits per heavy atom. The molecule has 8 heteroatoms. The maximum atomic E-state index is 13.9. The van der Waals surface area contributed by atoms with Crippen LogP contribution in [0.2, 0.25) is 0 Å². The number of ether oxygens (including phenoxy) is 3. The van der Waals surface area contributed by atoms with Crippen molar-refractivity contribution in [1.29, 1.82) is 0 Å². The summed E-state index contributed by atoms with van der Waals surface area (Å²) in [5.74, 6) is -13.1. The van der Waals surface area contributed by atoms with Gasteiger partial charge in [-0.15, -0.1) is 0 Å². The summed E-state index contributed by atoms with van der Waals surface area (Å²) in [6.45, 7) is 3.63. The molecule has 0 aliphatic heterocycles. The maximum Gasteiger partial charge on any atom is 0.206 e. The van der Waals surface area contributed by atoms with Crippen molar-refractivity contribution in [2.75, 3.05) is 20.8 Å². The quantitative estimate of drug-likeness (QED) is 0.111. The van der Waals surface area contributed by atoms with Crippen molar-refractivity contribution < 1.29 is 36.2 Å². The molecule has 168 valence electrons. The number of unbranched alkanes of at least 4 members (excludes halogenated alkanes) is 5. The molecule has 0 bridgehead atoms. The van der Waals surface area contributed by atoms with Gasteiger partial charge in [-0.05, 0) is 12.8 Å². The Balaban J connectivity index is 2.95. The van der Waals surface area contributed by atoms with Crippen LogP contribution in [0.4, 0.5) is 22.0 Å². The van der Waals surface area contributed by atoms with Gasteiger partial charge in [-0.3, -0.25) is 0 Å². The number of halogens is 5. The average molecular weight is 426 g/mol. The molecule has 0 saturated heterocycles. The van der Waals surface area contributed by atoms with Crippen molar-refractivity contribution in [3.63, 3.8) is 0 Å². The van der Waals surface area contributed by atoms with E-state index in [1.54, 1.807) is 0 Å². The second-order valence-electron chi connectivity index (χ2n) is 7.04. The van der Waals surface area contributed by atoms with E-state index >= 15 is 0 Å². The molecule has 0 aromatic heterocycles. The number of rotatable bonds is 14. The SMILES string of the molecule is CCCCCCCCC(COc1c(F)c(F)c(F)c(F)c1F)C(CC)(OC)OC. The minimum atomic E-state index is -2.22. The van der Waals surface area contributed by atoms with Crippen LogP contribution in [0.25, 0.3) is 0 Å². The van der Waals surface area contributed by atoms with Gasteiger partial charge >= 0.3 is 0 Å². The number of benzene rings is 1. The van der Waals surface area contributed by atoms with Gasteiger partial charge in [0.15, 0.2) is 11.5 Å². The lowest BCUT2D eigenvalue weighted by Crippen LogP contribution is -2.44. The van der Waals surface area contributed by atoms with Crippen molar-refractivity contribution >= 4 is 0 Å². The lowest BCUT2D eigenvalue weighted by molar-refractivity contribution is -0.247. The molecule has 0 aliphatic rings. The highest BCUT2D eigenvalue weighted by Gasteiger charge is 2.38. The van der Waals surface area contributed by atoms with Crippen LogP contribution in [0.3, 0.4) is 0 Å². The minimum absolute atomic E-state index is 0.317. The van der Waals surface area contributed by atoms with Gasteiger partial charge in [0.1, 0.15) is 0 Å². The molecule has 0 aliphatic carbocycles. The molecule has 0 fully saturated rings. The van der Waals surface area contributed by atoms with E-state index in [9.17, 15) is 22.0 Å². The first-order valence-corrected chi connectivity index (χ1v) is 10.0. The molecular weight excluding hydrogens is 395 g/mol. The van der Waals surface area contributed by atoms with Crippen molar-refractivity contribution in [1.82, 2.24) is 0 Å². The highest BCUT2D eigenvalue weighted by atomic mass is 19.2. The van der Waals surface area contributed by atoms with E-state index < -0.39 is 46.5 Å². The normalized spacial score (nSPS) is 13.0. The predicted molar refractivity (Wildman–Crippen MR) is 100 cm³/mol. The highest BCUT2D eigenvalue weighted by Crippen LogP contribution is 2.34. The third-order valence-electron chi connectivity index (χ3n) is 5.31. The zero-order valence-corrected chi connectivity index (χ0v) is 17.6. The van der Waals surface area contributed by atoms with Crippen molar-refractivity contribution in [3.05, 3.63) is 29.1 Å². The van der Waals surface area contributed by atoms with Gasteiger partial charge in [0, 0.05) is 20.1 Å². The maximum absolute atomic E-state index is 13.9.